The van der Waals surface area contributed by atoms with Crippen LogP contribution in [0.15, 0.2) is 0 Å². The van der Waals surface area contributed by atoms with Gasteiger partial charge in [-0.15, -0.1) is 0 Å². The fourth-order valence-electron chi connectivity index (χ4n) is 0.289. The van der Waals surface area contributed by atoms with Gasteiger partial charge in [0.05, 0.1) is 0 Å². The molecular weight excluding hydrogens is 160 g/mol. The summed E-state index contributed by atoms with van der Waals surface area (Å²) in [6, 6.07) is 0. The topological polar surface area (TPSA) is 135 Å². The maximum absolute atomic E-state index is 9.84. The van der Waals surface area contributed by atoms with Crippen molar-refractivity contribution in [3.63, 3.8) is 0 Å². The highest BCUT2D eigenvalue weighted by atomic mass is 16.6. The van der Waals surface area contributed by atoms with Crippen molar-refractivity contribution in [2.45, 2.75) is 11.9 Å². The first-order valence-corrected chi connectivity index (χ1v) is 2.39. The molecule has 0 rings (SSSR count). The van der Waals surface area contributed by atoms with Crippen molar-refractivity contribution in [1.29, 1.82) is 0 Å². The largest absolute Gasteiger partial charge is 0.479 e. The summed E-state index contributed by atoms with van der Waals surface area (Å²) in [7, 11) is 0. The van der Waals surface area contributed by atoms with Crippen molar-refractivity contribution in [1.82, 2.24) is 0 Å². The average Bonchev–Trinajstić information content (AvgIpc) is 1.85. The fraction of sp³-hybridized carbons (Fsp3) is 0.500. The summed E-state index contributed by atoms with van der Waals surface area (Å²) >= 11 is 0. The van der Waals surface area contributed by atoms with Crippen LogP contribution in [-0.4, -0.2) is 49.4 Å². The highest BCUT2D eigenvalue weighted by molar-refractivity contribution is 5.85. The average molecular weight is 166 g/mol. The summed E-state index contributed by atoms with van der Waals surface area (Å²) in [5.41, 5.74) is 0. The van der Waals surface area contributed by atoms with Crippen LogP contribution in [0.3, 0.4) is 0 Å². The maximum Gasteiger partial charge on any atom is 0.367 e. The molecule has 5 N–H and O–H groups in total. The first kappa shape index (κ1) is 9.82. The minimum Gasteiger partial charge on any atom is -0.479 e. The second-order valence-electron chi connectivity index (χ2n) is 1.77. The summed E-state index contributed by atoms with van der Waals surface area (Å²) < 4.78 is 0. The molecule has 0 spiro atoms. The van der Waals surface area contributed by atoms with Gasteiger partial charge < -0.3 is 25.5 Å². The Morgan fingerprint density at radius 3 is 1.64 bits per heavy atom. The predicted octanol–water partition coefficient (Wildman–Crippen LogP) is -2.80. The second-order valence-corrected chi connectivity index (χ2v) is 1.77. The van der Waals surface area contributed by atoms with Crippen molar-refractivity contribution >= 4 is 11.9 Å². The van der Waals surface area contributed by atoms with Crippen LogP contribution in [-0.2, 0) is 9.59 Å². The van der Waals surface area contributed by atoms with E-state index in [1.54, 1.807) is 0 Å². The molecule has 0 aromatic rings. The van der Waals surface area contributed by atoms with E-state index in [1.165, 1.54) is 0 Å². The minimum absolute atomic E-state index is 2.03. The first-order chi connectivity index (χ1) is 4.80. The Kier molecular flexibility index (Phi) is 2.52. The van der Waals surface area contributed by atoms with Crippen LogP contribution < -0.4 is 0 Å². The third-order valence-electron chi connectivity index (χ3n) is 0.930. The number of hydrogen-bond acceptors (Lipinski definition) is 5. The van der Waals surface area contributed by atoms with Gasteiger partial charge in [-0.25, -0.2) is 9.59 Å². The number of aliphatic carboxylic acids is 2. The Labute approximate surface area is 60.1 Å². The molecule has 0 aliphatic carbocycles. The molecule has 0 bridgehead atoms. The number of rotatable bonds is 3. The lowest BCUT2D eigenvalue weighted by atomic mass is 10.1. The summed E-state index contributed by atoms with van der Waals surface area (Å²) in [4.78, 5) is 19.7. The number of carboxylic acid groups (broad SMARTS) is 2. The molecule has 7 heteroatoms. The van der Waals surface area contributed by atoms with Crippen molar-refractivity contribution < 1.29 is 35.1 Å². The van der Waals surface area contributed by atoms with E-state index in [0.717, 1.165) is 0 Å². The van der Waals surface area contributed by atoms with Crippen molar-refractivity contribution in [2.75, 3.05) is 0 Å². The Morgan fingerprint density at radius 1 is 1.18 bits per heavy atom. The number of carbonyl (C=O) groups is 2. The molecule has 0 fully saturated rings. The van der Waals surface area contributed by atoms with Gasteiger partial charge >= 0.3 is 17.7 Å². The lowest BCUT2D eigenvalue weighted by Crippen LogP contribution is -2.53. The van der Waals surface area contributed by atoms with Crippen LogP contribution in [0.2, 0.25) is 0 Å². The van der Waals surface area contributed by atoms with E-state index < -0.39 is 23.8 Å². The predicted molar refractivity (Wildman–Crippen MR) is 28.4 cm³/mol. The van der Waals surface area contributed by atoms with E-state index in [-0.39, 0.29) is 0 Å². The van der Waals surface area contributed by atoms with E-state index in [4.69, 9.17) is 25.5 Å². The molecule has 1 atom stereocenters. The molecule has 0 amide bonds. The molecule has 0 saturated carbocycles. The van der Waals surface area contributed by atoms with Crippen LogP contribution in [0.5, 0.6) is 0 Å². The highest BCUT2D eigenvalue weighted by Gasteiger charge is 2.46. The number of hydrogen-bond donors (Lipinski definition) is 5. The maximum atomic E-state index is 9.84. The molecule has 0 unspecified atom stereocenters. The number of aliphatic hydroxyl groups excluding tert-OH is 1. The zero-order chi connectivity index (χ0) is 9.23. The SMILES string of the molecule is O=C(O)[C@H](O)C(O)(O)C(=O)O. The third kappa shape index (κ3) is 1.87. The molecule has 11 heavy (non-hydrogen) atoms. The molecule has 0 aliphatic rings. The Bertz CT molecular complexity index is 183. The molecular formula is C4H6O7. The van der Waals surface area contributed by atoms with Gasteiger partial charge in [-0.05, 0) is 0 Å². The number of aliphatic hydroxyl groups is 3. The van der Waals surface area contributed by atoms with Gasteiger partial charge in [0.25, 0.3) is 0 Å². The van der Waals surface area contributed by atoms with Crippen LogP contribution in [0.4, 0.5) is 0 Å². The van der Waals surface area contributed by atoms with E-state index in [0.29, 0.717) is 0 Å². The van der Waals surface area contributed by atoms with Crippen molar-refractivity contribution in [3.8, 4) is 0 Å². The van der Waals surface area contributed by atoms with Crippen molar-refractivity contribution in [2.24, 2.45) is 0 Å². The summed E-state index contributed by atoms with van der Waals surface area (Å²) in [5, 5.41) is 40.9. The van der Waals surface area contributed by atoms with E-state index in [9.17, 15) is 9.59 Å². The minimum atomic E-state index is -3.65. The molecule has 0 heterocycles. The lowest BCUT2D eigenvalue weighted by Gasteiger charge is -2.18. The standard InChI is InChI=1S/C4H6O7/c5-1(2(6)7)4(10,11)3(8)9/h1,5,10-11H,(H,6,7)(H,8,9)/t1-/m0/s1. The highest BCUT2D eigenvalue weighted by Crippen LogP contribution is 2.06. The van der Waals surface area contributed by atoms with Gasteiger partial charge in [0.15, 0.2) is 0 Å². The smallest absolute Gasteiger partial charge is 0.367 e. The monoisotopic (exact) mass is 166 g/mol. The Morgan fingerprint density at radius 2 is 1.55 bits per heavy atom. The van der Waals surface area contributed by atoms with Crippen molar-refractivity contribution in [3.05, 3.63) is 0 Å². The second kappa shape index (κ2) is 2.82. The summed E-state index contributed by atoms with van der Waals surface area (Å²) in [6.07, 6.45) is -2.76. The van der Waals surface area contributed by atoms with E-state index >= 15 is 0 Å². The van der Waals surface area contributed by atoms with Crippen LogP contribution in [0, 0.1) is 0 Å². The van der Waals surface area contributed by atoms with Crippen LogP contribution in [0.25, 0.3) is 0 Å². The lowest BCUT2D eigenvalue weighted by molar-refractivity contribution is -0.238. The zero-order valence-corrected chi connectivity index (χ0v) is 5.13. The Balaban J connectivity index is 4.55. The van der Waals surface area contributed by atoms with E-state index in [2.05, 4.69) is 0 Å². The van der Waals surface area contributed by atoms with Gasteiger partial charge in [0, 0.05) is 0 Å². The quantitative estimate of drug-likeness (QED) is 0.285. The van der Waals surface area contributed by atoms with Gasteiger partial charge in [-0.3, -0.25) is 0 Å². The number of carboxylic acids is 2. The first-order valence-electron chi connectivity index (χ1n) is 2.39. The molecule has 0 saturated heterocycles. The molecule has 0 aromatic carbocycles. The molecule has 64 valence electrons. The Hall–Kier alpha value is -1.18. The van der Waals surface area contributed by atoms with Gasteiger partial charge in [-0.2, -0.15) is 0 Å². The van der Waals surface area contributed by atoms with Crippen LogP contribution >= 0.6 is 0 Å². The fourth-order valence-corrected chi connectivity index (χ4v) is 0.289. The molecule has 0 aromatic heterocycles. The third-order valence-corrected chi connectivity index (χ3v) is 0.930. The van der Waals surface area contributed by atoms with Gasteiger partial charge in [0.1, 0.15) is 0 Å². The molecule has 0 aliphatic heterocycles. The van der Waals surface area contributed by atoms with E-state index in [1.807, 2.05) is 0 Å². The van der Waals surface area contributed by atoms with Gasteiger partial charge in [-0.1, -0.05) is 0 Å². The normalized spacial score (nSPS) is 14.1. The van der Waals surface area contributed by atoms with Gasteiger partial charge in [0.2, 0.25) is 6.10 Å². The van der Waals surface area contributed by atoms with Crippen LogP contribution in [0.1, 0.15) is 0 Å². The molecule has 7 nitrogen and oxygen atoms in total. The molecule has 0 radical (unpaired) electrons. The summed E-state index contributed by atoms with van der Waals surface area (Å²) in [6.45, 7) is 0. The zero-order valence-electron chi connectivity index (χ0n) is 5.13. The summed E-state index contributed by atoms with van der Waals surface area (Å²) in [5.74, 6) is -7.91.